The van der Waals surface area contributed by atoms with E-state index in [1.54, 1.807) is 4.90 Å². The molecule has 3 rings (SSSR count). The number of hydrogen-bond donors (Lipinski definition) is 2. The van der Waals surface area contributed by atoms with Gasteiger partial charge in [-0.25, -0.2) is 0 Å². The van der Waals surface area contributed by atoms with Crippen LogP contribution in [0.2, 0.25) is 0 Å². The normalized spacial score (nSPS) is 21.0. The zero-order valence-corrected chi connectivity index (χ0v) is 11.6. The van der Waals surface area contributed by atoms with Crippen molar-refractivity contribution in [3.05, 3.63) is 29.8 Å². The van der Waals surface area contributed by atoms with Crippen LogP contribution in [0.4, 0.5) is 5.69 Å². The number of nitrogens with zero attached hydrogens (tertiary/aromatic N) is 1. The summed E-state index contributed by atoms with van der Waals surface area (Å²) in [7, 11) is 0. The SMILES string of the molecule is O=C1CC(NC(=O)CN2CCCC2=O)c2ccccc2N1. The van der Waals surface area contributed by atoms with Crippen LogP contribution in [0.25, 0.3) is 0 Å². The zero-order valence-electron chi connectivity index (χ0n) is 11.6. The van der Waals surface area contributed by atoms with Crippen molar-refractivity contribution >= 4 is 23.4 Å². The number of rotatable bonds is 3. The Bertz CT molecular complexity index is 600. The maximum absolute atomic E-state index is 12.1. The number of benzene rings is 1. The minimum atomic E-state index is -0.333. The second-order valence-electron chi connectivity index (χ2n) is 5.38. The van der Waals surface area contributed by atoms with E-state index < -0.39 is 0 Å². The molecule has 2 aliphatic heterocycles. The van der Waals surface area contributed by atoms with Gasteiger partial charge in [0.15, 0.2) is 0 Å². The van der Waals surface area contributed by atoms with E-state index in [2.05, 4.69) is 10.6 Å². The molecule has 6 heteroatoms. The molecule has 1 aromatic carbocycles. The van der Waals surface area contributed by atoms with Gasteiger partial charge >= 0.3 is 0 Å². The molecule has 0 radical (unpaired) electrons. The predicted octanol–water partition coefficient (Wildman–Crippen LogP) is 0.808. The Labute approximate surface area is 122 Å². The highest BCUT2D eigenvalue weighted by Crippen LogP contribution is 2.29. The van der Waals surface area contributed by atoms with Crippen LogP contribution in [0.3, 0.4) is 0 Å². The first-order chi connectivity index (χ1) is 10.1. The van der Waals surface area contributed by atoms with Crippen molar-refractivity contribution in [2.45, 2.75) is 25.3 Å². The lowest BCUT2D eigenvalue weighted by Crippen LogP contribution is -2.41. The number of amides is 3. The fourth-order valence-corrected chi connectivity index (χ4v) is 2.82. The molecule has 1 fully saturated rings. The highest BCUT2D eigenvalue weighted by atomic mass is 16.2. The van der Waals surface area contributed by atoms with Crippen LogP contribution in [-0.4, -0.2) is 35.7 Å². The van der Waals surface area contributed by atoms with Gasteiger partial charge in [-0.3, -0.25) is 14.4 Å². The molecule has 3 amide bonds. The average molecular weight is 287 g/mol. The molecular formula is C15H17N3O3. The third-order valence-corrected chi connectivity index (χ3v) is 3.84. The predicted molar refractivity (Wildman–Crippen MR) is 76.4 cm³/mol. The van der Waals surface area contributed by atoms with E-state index in [0.29, 0.717) is 13.0 Å². The summed E-state index contributed by atoms with van der Waals surface area (Å²) in [4.78, 5) is 36.9. The first-order valence-electron chi connectivity index (χ1n) is 7.09. The first-order valence-corrected chi connectivity index (χ1v) is 7.09. The molecule has 21 heavy (non-hydrogen) atoms. The Morgan fingerprint density at radius 3 is 2.90 bits per heavy atom. The van der Waals surface area contributed by atoms with Gasteiger partial charge in [0.25, 0.3) is 0 Å². The van der Waals surface area contributed by atoms with Gasteiger partial charge in [-0.05, 0) is 18.1 Å². The van der Waals surface area contributed by atoms with Gasteiger partial charge in [0.05, 0.1) is 19.0 Å². The summed E-state index contributed by atoms with van der Waals surface area (Å²) in [6, 6.07) is 7.09. The number of carbonyl (C=O) groups excluding carboxylic acids is 3. The van der Waals surface area contributed by atoms with E-state index >= 15 is 0 Å². The summed E-state index contributed by atoms with van der Waals surface area (Å²) in [6.45, 7) is 0.702. The van der Waals surface area contributed by atoms with E-state index in [0.717, 1.165) is 17.7 Å². The van der Waals surface area contributed by atoms with Crippen LogP contribution in [0.15, 0.2) is 24.3 Å². The van der Waals surface area contributed by atoms with E-state index in [4.69, 9.17) is 0 Å². The monoisotopic (exact) mass is 287 g/mol. The van der Waals surface area contributed by atoms with Crippen molar-refractivity contribution < 1.29 is 14.4 Å². The van der Waals surface area contributed by atoms with Crippen molar-refractivity contribution in [2.24, 2.45) is 0 Å². The summed E-state index contributed by atoms with van der Waals surface area (Å²) in [6.07, 6.45) is 1.54. The summed E-state index contributed by atoms with van der Waals surface area (Å²) in [5.74, 6) is -0.317. The molecule has 0 bridgehead atoms. The number of fused-ring (bicyclic) bond motifs is 1. The molecule has 1 aromatic rings. The fourth-order valence-electron chi connectivity index (χ4n) is 2.82. The lowest BCUT2D eigenvalue weighted by molar-refractivity contribution is -0.133. The van der Waals surface area contributed by atoms with Gasteiger partial charge < -0.3 is 15.5 Å². The molecule has 1 saturated heterocycles. The Morgan fingerprint density at radius 2 is 2.14 bits per heavy atom. The quantitative estimate of drug-likeness (QED) is 0.863. The van der Waals surface area contributed by atoms with Gasteiger partial charge in [0.1, 0.15) is 0 Å². The molecule has 110 valence electrons. The number of anilines is 1. The van der Waals surface area contributed by atoms with Crippen LogP contribution in [0.1, 0.15) is 30.9 Å². The van der Waals surface area contributed by atoms with Crippen molar-refractivity contribution in [3.63, 3.8) is 0 Å². The maximum atomic E-state index is 12.1. The third-order valence-electron chi connectivity index (χ3n) is 3.84. The number of para-hydroxylation sites is 1. The lowest BCUT2D eigenvalue weighted by atomic mass is 9.97. The molecule has 2 aliphatic rings. The minimum Gasteiger partial charge on any atom is -0.347 e. The number of carbonyl (C=O) groups is 3. The summed E-state index contributed by atoms with van der Waals surface area (Å²) in [5, 5.41) is 5.65. The molecular weight excluding hydrogens is 270 g/mol. The van der Waals surface area contributed by atoms with Crippen molar-refractivity contribution in [2.75, 3.05) is 18.4 Å². The largest absolute Gasteiger partial charge is 0.347 e. The second kappa shape index (κ2) is 5.55. The minimum absolute atomic E-state index is 0.0203. The van der Waals surface area contributed by atoms with E-state index in [-0.39, 0.29) is 36.7 Å². The van der Waals surface area contributed by atoms with Gasteiger partial charge in [0.2, 0.25) is 17.7 Å². The van der Waals surface area contributed by atoms with Gasteiger partial charge in [-0.1, -0.05) is 18.2 Å². The fraction of sp³-hybridized carbons (Fsp3) is 0.400. The third kappa shape index (κ3) is 2.89. The van der Waals surface area contributed by atoms with Crippen molar-refractivity contribution in [3.8, 4) is 0 Å². The molecule has 1 atom stereocenters. The second-order valence-corrected chi connectivity index (χ2v) is 5.38. The molecule has 0 spiro atoms. The topological polar surface area (TPSA) is 78.5 Å². The summed E-state index contributed by atoms with van der Waals surface area (Å²) >= 11 is 0. The van der Waals surface area contributed by atoms with E-state index in [1.165, 1.54) is 0 Å². The molecule has 2 heterocycles. The first kappa shape index (κ1) is 13.6. The Balaban J connectivity index is 1.68. The Kier molecular flexibility index (Phi) is 3.60. The van der Waals surface area contributed by atoms with Gasteiger partial charge in [-0.15, -0.1) is 0 Å². The highest BCUT2D eigenvalue weighted by Gasteiger charge is 2.28. The van der Waals surface area contributed by atoms with Crippen LogP contribution < -0.4 is 10.6 Å². The van der Waals surface area contributed by atoms with Gasteiger partial charge in [-0.2, -0.15) is 0 Å². The molecule has 0 saturated carbocycles. The smallest absolute Gasteiger partial charge is 0.240 e. The van der Waals surface area contributed by atoms with Crippen LogP contribution in [0.5, 0.6) is 0 Å². The Hall–Kier alpha value is -2.37. The number of hydrogen-bond acceptors (Lipinski definition) is 3. The average Bonchev–Trinajstić information content (AvgIpc) is 2.84. The van der Waals surface area contributed by atoms with E-state index in [1.807, 2.05) is 24.3 Å². The van der Waals surface area contributed by atoms with Crippen molar-refractivity contribution in [1.82, 2.24) is 10.2 Å². The van der Waals surface area contributed by atoms with Crippen LogP contribution >= 0.6 is 0 Å². The zero-order chi connectivity index (χ0) is 14.8. The van der Waals surface area contributed by atoms with Crippen molar-refractivity contribution in [1.29, 1.82) is 0 Å². The molecule has 0 aromatic heterocycles. The van der Waals surface area contributed by atoms with Crippen LogP contribution in [0, 0.1) is 0 Å². The van der Waals surface area contributed by atoms with Crippen LogP contribution in [-0.2, 0) is 14.4 Å². The Morgan fingerprint density at radius 1 is 1.33 bits per heavy atom. The molecule has 6 nitrogen and oxygen atoms in total. The molecule has 2 N–H and O–H groups in total. The van der Waals surface area contributed by atoms with E-state index in [9.17, 15) is 14.4 Å². The number of likely N-dealkylation sites (tertiary alicyclic amines) is 1. The maximum Gasteiger partial charge on any atom is 0.240 e. The number of nitrogens with one attached hydrogen (secondary N) is 2. The molecule has 1 unspecified atom stereocenters. The standard InChI is InChI=1S/C15H17N3O3/c19-13-8-12(10-4-1-2-5-11(10)16-13)17-14(20)9-18-7-3-6-15(18)21/h1-2,4-5,12H,3,6-9H2,(H,16,19)(H,17,20). The summed E-state index contributed by atoms with van der Waals surface area (Å²) in [5.41, 5.74) is 1.63. The lowest BCUT2D eigenvalue weighted by Gasteiger charge is -2.27. The summed E-state index contributed by atoms with van der Waals surface area (Å²) < 4.78 is 0. The molecule has 0 aliphatic carbocycles. The highest BCUT2D eigenvalue weighted by molar-refractivity contribution is 5.95. The van der Waals surface area contributed by atoms with Gasteiger partial charge in [0, 0.05) is 18.7 Å².